The monoisotopic (exact) mass is 306 g/mol. The van der Waals surface area contributed by atoms with Crippen molar-refractivity contribution in [3.8, 4) is 0 Å². The summed E-state index contributed by atoms with van der Waals surface area (Å²) in [6.07, 6.45) is 5.03. The van der Waals surface area contributed by atoms with Crippen molar-refractivity contribution in [3.05, 3.63) is 35.0 Å². The molecule has 0 saturated carbocycles. The van der Waals surface area contributed by atoms with Gasteiger partial charge in [0.25, 0.3) is 0 Å². The lowest BCUT2D eigenvalue weighted by Crippen LogP contribution is -2.35. The van der Waals surface area contributed by atoms with E-state index in [0.29, 0.717) is 16.4 Å². The van der Waals surface area contributed by atoms with E-state index in [9.17, 15) is 4.79 Å². The van der Waals surface area contributed by atoms with Gasteiger partial charge in [-0.15, -0.1) is 0 Å². The van der Waals surface area contributed by atoms with Gasteiger partial charge in [-0.1, -0.05) is 11.6 Å². The summed E-state index contributed by atoms with van der Waals surface area (Å²) in [5, 5.41) is 7.25. The van der Waals surface area contributed by atoms with Gasteiger partial charge in [-0.3, -0.25) is 9.89 Å². The fraction of sp³-hybridized carbons (Fsp3) is 0.385. The third-order valence-electron chi connectivity index (χ3n) is 3.65. The second kappa shape index (κ2) is 5.69. The summed E-state index contributed by atoms with van der Waals surface area (Å²) in [7, 11) is 0. The number of carbonyl (C=O) groups excluding carboxylic acids is 1. The molecule has 8 heteroatoms. The number of nitrogens with two attached hydrogens (primary N) is 1. The van der Waals surface area contributed by atoms with Gasteiger partial charge in [0, 0.05) is 25.2 Å². The largest absolute Gasteiger partial charge is 0.366 e. The van der Waals surface area contributed by atoms with Gasteiger partial charge in [0.2, 0.25) is 5.91 Å². The molecule has 0 radical (unpaired) electrons. The summed E-state index contributed by atoms with van der Waals surface area (Å²) in [6.45, 7) is 1.63. The highest BCUT2D eigenvalue weighted by Crippen LogP contribution is 2.31. The minimum absolute atomic E-state index is 0.273. The second-order valence-corrected chi connectivity index (χ2v) is 5.46. The molecule has 1 aliphatic rings. The molecule has 7 nitrogen and oxygen atoms in total. The molecule has 0 spiro atoms. The van der Waals surface area contributed by atoms with Crippen LogP contribution in [0.1, 0.15) is 34.9 Å². The van der Waals surface area contributed by atoms with Gasteiger partial charge in [-0.05, 0) is 18.9 Å². The predicted octanol–water partition coefficient (Wildman–Crippen LogP) is 1.34. The zero-order valence-corrected chi connectivity index (χ0v) is 12.0. The van der Waals surface area contributed by atoms with E-state index in [2.05, 4.69) is 25.1 Å². The minimum atomic E-state index is -0.533. The van der Waals surface area contributed by atoms with E-state index in [1.807, 2.05) is 0 Å². The molecule has 3 rings (SSSR count). The number of primary amides is 1. The number of hydrogen-bond donors (Lipinski definition) is 2. The first-order valence-electron chi connectivity index (χ1n) is 6.70. The molecule has 1 amide bonds. The molecule has 1 atom stereocenters. The van der Waals surface area contributed by atoms with Gasteiger partial charge in [0.05, 0.1) is 10.6 Å². The summed E-state index contributed by atoms with van der Waals surface area (Å²) < 4.78 is 0. The Morgan fingerprint density at radius 2 is 2.33 bits per heavy atom. The molecule has 21 heavy (non-hydrogen) atoms. The molecule has 0 aromatic carbocycles. The highest BCUT2D eigenvalue weighted by Gasteiger charge is 2.25. The molecule has 2 aromatic rings. The first-order chi connectivity index (χ1) is 10.1. The van der Waals surface area contributed by atoms with Crippen LogP contribution in [0.2, 0.25) is 5.02 Å². The first kappa shape index (κ1) is 13.8. The topological polar surface area (TPSA) is 101 Å². The number of amides is 1. The van der Waals surface area contributed by atoms with Crippen molar-refractivity contribution in [2.24, 2.45) is 5.73 Å². The third kappa shape index (κ3) is 2.82. The molecule has 0 aliphatic carbocycles. The summed E-state index contributed by atoms with van der Waals surface area (Å²) in [5.74, 6) is 1.29. The number of rotatable bonds is 3. The van der Waals surface area contributed by atoms with Crippen LogP contribution in [0.3, 0.4) is 0 Å². The molecule has 1 saturated heterocycles. The Hall–Kier alpha value is -2.15. The highest BCUT2D eigenvalue weighted by molar-refractivity contribution is 6.33. The normalized spacial score (nSPS) is 18.7. The smallest absolute Gasteiger partial charge is 0.250 e. The molecule has 2 aromatic heterocycles. The van der Waals surface area contributed by atoms with Crippen molar-refractivity contribution >= 4 is 23.3 Å². The number of nitrogens with zero attached hydrogens (tertiary/aromatic N) is 4. The lowest BCUT2D eigenvalue weighted by molar-refractivity contribution is 0.1000. The molecule has 0 bridgehead atoms. The Bertz CT molecular complexity index is 644. The molecular formula is C13H15ClN6O. The minimum Gasteiger partial charge on any atom is -0.366 e. The van der Waals surface area contributed by atoms with Crippen LogP contribution in [-0.4, -0.2) is 39.2 Å². The number of hydrogen-bond acceptors (Lipinski definition) is 5. The Balaban J connectivity index is 1.82. The van der Waals surface area contributed by atoms with Crippen LogP contribution < -0.4 is 10.6 Å². The Morgan fingerprint density at radius 1 is 1.48 bits per heavy atom. The molecule has 3 N–H and O–H groups in total. The Labute approximate surface area is 126 Å². The fourth-order valence-electron chi connectivity index (χ4n) is 2.60. The van der Waals surface area contributed by atoms with E-state index in [4.69, 9.17) is 17.3 Å². The van der Waals surface area contributed by atoms with E-state index in [1.54, 1.807) is 6.07 Å². The summed E-state index contributed by atoms with van der Waals surface area (Å²) in [4.78, 5) is 21.7. The maximum atomic E-state index is 11.1. The van der Waals surface area contributed by atoms with Gasteiger partial charge >= 0.3 is 0 Å². The number of nitrogens with one attached hydrogen (secondary N) is 1. The molecule has 1 unspecified atom stereocenters. The van der Waals surface area contributed by atoms with Crippen LogP contribution in [0.5, 0.6) is 0 Å². The van der Waals surface area contributed by atoms with Crippen LogP contribution >= 0.6 is 11.6 Å². The van der Waals surface area contributed by atoms with Crippen molar-refractivity contribution in [2.75, 3.05) is 18.0 Å². The number of anilines is 1. The predicted molar refractivity (Wildman–Crippen MR) is 78.3 cm³/mol. The fourth-order valence-corrected chi connectivity index (χ4v) is 2.89. The van der Waals surface area contributed by atoms with Crippen LogP contribution in [0.25, 0.3) is 0 Å². The van der Waals surface area contributed by atoms with Gasteiger partial charge in [0.1, 0.15) is 18.0 Å². The molecule has 3 heterocycles. The number of carbonyl (C=O) groups is 1. The zero-order chi connectivity index (χ0) is 14.8. The Morgan fingerprint density at radius 3 is 3.00 bits per heavy atom. The van der Waals surface area contributed by atoms with E-state index in [-0.39, 0.29) is 5.92 Å². The van der Waals surface area contributed by atoms with Gasteiger partial charge < -0.3 is 10.6 Å². The summed E-state index contributed by atoms with van der Waals surface area (Å²) >= 11 is 6.23. The number of piperidine rings is 1. The van der Waals surface area contributed by atoms with Crippen LogP contribution in [0, 0.1) is 0 Å². The average Bonchev–Trinajstić information content (AvgIpc) is 3.01. The van der Waals surface area contributed by atoms with E-state index in [0.717, 1.165) is 31.8 Å². The van der Waals surface area contributed by atoms with Crippen molar-refractivity contribution in [3.63, 3.8) is 0 Å². The zero-order valence-electron chi connectivity index (χ0n) is 11.3. The summed E-state index contributed by atoms with van der Waals surface area (Å²) in [6, 6.07) is 1.56. The van der Waals surface area contributed by atoms with Gasteiger partial charge in [0.15, 0.2) is 0 Å². The maximum absolute atomic E-state index is 11.1. The quantitative estimate of drug-likeness (QED) is 0.891. The lowest BCUT2D eigenvalue weighted by atomic mass is 9.97. The van der Waals surface area contributed by atoms with Crippen molar-refractivity contribution in [1.82, 2.24) is 20.2 Å². The third-order valence-corrected chi connectivity index (χ3v) is 3.93. The van der Waals surface area contributed by atoms with E-state index >= 15 is 0 Å². The lowest BCUT2D eigenvalue weighted by Gasteiger charge is -2.33. The second-order valence-electron chi connectivity index (χ2n) is 5.05. The van der Waals surface area contributed by atoms with Crippen molar-refractivity contribution < 1.29 is 4.79 Å². The van der Waals surface area contributed by atoms with E-state index in [1.165, 1.54) is 12.5 Å². The molecular weight excluding hydrogens is 292 g/mol. The van der Waals surface area contributed by atoms with Crippen LogP contribution in [0.15, 0.2) is 18.6 Å². The number of halogens is 1. The average molecular weight is 307 g/mol. The highest BCUT2D eigenvalue weighted by atomic mass is 35.5. The maximum Gasteiger partial charge on any atom is 0.250 e. The Kier molecular flexibility index (Phi) is 3.74. The molecule has 1 aliphatic heterocycles. The first-order valence-corrected chi connectivity index (χ1v) is 7.08. The number of pyridine rings is 1. The van der Waals surface area contributed by atoms with Crippen LogP contribution in [0.4, 0.5) is 5.82 Å². The van der Waals surface area contributed by atoms with Crippen LogP contribution in [-0.2, 0) is 0 Å². The van der Waals surface area contributed by atoms with Crippen molar-refractivity contribution in [1.29, 1.82) is 0 Å². The van der Waals surface area contributed by atoms with Crippen molar-refractivity contribution in [2.45, 2.75) is 18.8 Å². The SMILES string of the molecule is NC(=O)c1cnc(N2CCCC(c3ncn[nH]3)C2)c(Cl)c1. The summed E-state index contributed by atoms with van der Waals surface area (Å²) in [5.41, 5.74) is 5.54. The molecule has 110 valence electrons. The van der Waals surface area contributed by atoms with E-state index < -0.39 is 5.91 Å². The van der Waals surface area contributed by atoms with Gasteiger partial charge in [-0.2, -0.15) is 5.10 Å². The number of aromatic amines is 1. The number of H-pyrrole nitrogens is 1. The van der Waals surface area contributed by atoms with Gasteiger partial charge in [-0.25, -0.2) is 9.97 Å². The standard InChI is InChI=1S/C13H15ClN6O/c14-10-4-9(11(15)21)5-16-13(10)20-3-1-2-8(6-20)12-17-7-18-19-12/h4-5,7-8H,1-3,6H2,(H2,15,21)(H,17,18,19). The number of aromatic nitrogens is 4. The molecule has 1 fully saturated rings.